The second kappa shape index (κ2) is 15.3. The lowest BCUT2D eigenvalue weighted by Gasteiger charge is -2.46. The summed E-state index contributed by atoms with van der Waals surface area (Å²) in [5.41, 5.74) is 5.71. The van der Waals surface area contributed by atoms with Gasteiger partial charge in [0.2, 0.25) is 0 Å². The van der Waals surface area contributed by atoms with Crippen molar-refractivity contribution < 1.29 is 23.7 Å². The van der Waals surface area contributed by atoms with E-state index in [2.05, 4.69) is 36.2 Å². The fourth-order valence-corrected chi connectivity index (χ4v) is 6.63. The van der Waals surface area contributed by atoms with E-state index >= 15 is 0 Å². The first-order valence-corrected chi connectivity index (χ1v) is 16.7. The van der Waals surface area contributed by atoms with Crippen molar-refractivity contribution in [2.45, 2.75) is 70.7 Å². The molecule has 6 rings (SSSR count). The predicted molar refractivity (Wildman–Crippen MR) is 184 cm³/mol. The number of halogens is 1. The fraction of sp³-hybridized carbons (Fsp3) is 0.333. The minimum absolute atomic E-state index is 0.0473. The molecule has 4 aromatic carbocycles. The topological polar surface area (TPSA) is 92.7 Å². The zero-order valence-electron chi connectivity index (χ0n) is 27.6. The molecule has 9 heteroatoms. The summed E-state index contributed by atoms with van der Waals surface area (Å²) in [7, 11) is 1.34. The molecule has 2 heterocycles. The van der Waals surface area contributed by atoms with Crippen LogP contribution in [-0.2, 0) is 37.0 Å². The van der Waals surface area contributed by atoms with E-state index in [1.54, 1.807) is 6.07 Å². The third-order valence-electron chi connectivity index (χ3n) is 9.00. The van der Waals surface area contributed by atoms with Gasteiger partial charge in [-0.05, 0) is 59.4 Å². The zero-order valence-corrected chi connectivity index (χ0v) is 28.3. The third kappa shape index (κ3) is 7.42. The summed E-state index contributed by atoms with van der Waals surface area (Å²) < 4.78 is 25.5. The van der Waals surface area contributed by atoms with Gasteiger partial charge in [-0.15, -0.1) is 10.2 Å². The standard InChI is InChI=1S/C39H40ClN3O5/c1-5-33-25(3)35(46-22-26-12-8-6-9-13-26)37(47-23-27-14-10-7-11-15-27)36(48-33)28-17-18-30(40)29(21-28)34(39(44)45-4)38-41-31-19-16-24(2)20-32(31)42-43-38/h6-21,25,33-37H,5,22-23H2,1-4H3/t25-,33-,34?,35+,36+,37-/m1/s1. The van der Waals surface area contributed by atoms with Gasteiger partial charge in [0, 0.05) is 10.9 Å². The normalized spacial score (nSPS) is 21.6. The quantitative estimate of drug-likeness (QED) is 0.131. The van der Waals surface area contributed by atoms with Gasteiger partial charge in [0.1, 0.15) is 23.6 Å². The van der Waals surface area contributed by atoms with Gasteiger partial charge in [-0.3, -0.25) is 4.79 Å². The van der Waals surface area contributed by atoms with Crippen LogP contribution >= 0.6 is 11.6 Å². The number of carbonyl (C=O) groups is 1. The second-order valence-electron chi connectivity index (χ2n) is 12.3. The lowest BCUT2D eigenvalue weighted by atomic mass is 9.83. The van der Waals surface area contributed by atoms with Gasteiger partial charge in [-0.1, -0.05) is 104 Å². The van der Waals surface area contributed by atoms with Crippen LogP contribution < -0.4 is 0 Å². The van der Waals surface area contributed by atoms with Crippen LogP contribution in [0.2, 0.25) is 5.02 Å². The first-order valence-electron chi connectivity index (χ1n) is 16.3. The molecule has 1 fully saturated rings. The van der Waals surface area contributed by atoms with Crippen LogP contribution in [0.5, 0.6) is 0 Å². The molecule has 5 aromatic rings. The van der Waals surface area contributed by atoms with E-state index in [4.69, 9.17) is 35.5 Å². The Labute approximate surface area is 286 Å². The summed E-state index contributed by atoms with van der Waals surface area (Å²) in [6, 6.07) is 31.5. The highest BCUT2D eigenvalue weighted by Gasteiger charge is 2.46. The monoisotopic (exact) mass is 665 g/mol. The Kier molecular flexibility index (Phi) is 10.8. The van der Waals surface area contributed by atoms with Gasteiger partial charge in [0.25, 0.3) is 0 Å². The highest BCUT2D eigenvalue weighted by atomic mass is 35.5. The van der Waals surface area contributed by atoms with E-state index in [-0.39, 0.29) is 24.0 Å². The summed E-state index contributed by atoms with van der Waals surface area (Å²) in [6.07, 6.45) is -0.595. The lowest BCUT2D eigenvalue weighted by Crippen LogP contribution is -2.51. The number of aryl methyl sites for hydroxylation is 1. The molecular formula is C39H40ClN3O5. The minimum atomic E-state index is -1.01. The molecule has 0 amide bonds. The van der Waals surface area contributed by atoms with Crippen LogP contribution in [0.25, 0.3) is 11.0 Å². The molecule has 248 valence electrons. The van der Waals surface area contributed by atoms with Crippen LogP contribution in [0.15, 0.2) is 97.1 Å². The SMILES string of the molecule is CC[C@H]1O[C@@H](c2ccc(Cl)c(C(C(=O)OC)c3nnc4cc(C)ccc4n3)c2)[C@H](OCc2ccccc2)[C@@H](OCc2ccccc2)[C@@H]1C. The van der Waals surface area contributed by atoms with E-state index in [0.717, 1.165) is 28.7 Å². The van der Waals surface area contributed by atoms with Crippen molar-refractivity contribution in [3.05, 3.63) is 136 Å². The number of nitrogens with zero attached hydrogens (tertiary/aromatic N) is 3. The van der Waals surface area contributed by atoms with Gasteiger partial charge in [0.15, 0.2) is 5.82 Å². The Hall–Kier alpha value is -4.21. The number of aromatic nitrogens is 3. The maximum atomic E-state index is 13.4. The fourth-order valence-electron chi connectivity index (χ4n) is 6.40. The number of ether oxygens (including phenoxy) is 4. The van der Waals surface area contributed by atoms with Crippen LogP contribution in [-0.4, -0.2) is 46.6 Å². The predicted octanol–water partition coefficient (Wildman–Crippen LogP) is 7.95. The van der Waals surface area contributed by atoms with Crippen LogP contribution in [0.4, 0.5) is 0 Å². The van der Waals surface area contributed by atoms with Crippen molar-refractivity contribution in [2.24, 2.45) is 5.92 Å². The molecule has 6 atom stereocenters. The summed E-state index contributed by atoms with van der Waals surface area (Å²) in [6.45, 7) is 7.06. The molecule has 48 heavy (non-hydrogen) atoms. The smallest absolute Gasteiger partial charge is 0.321 e. The van der Waals surface area contributed by atoms with Crippen molar-refractivity contribution in [3.63, 3.8) is 0 Å². The summed E-state index contributed by atoms with van der Waals surface area (Å²) in [4.78, 5) is 18.1. The number of rotatable bonds is 11. The first-order chi connectivity index (χ1) is 23.4. The number of carbonyl (C=O) groups excluding carboxylic acids is 1. The van der Waals surface area contributed by atoms with Gasteiger partial charge >= 0.3 is 5.97 Å². The summed E-state index contributed by atoms with van der Waals surface area (Å²) >= 11 is 6.84. The third-order valence-corrected chi connectivity index (χ3v) is 9.35. The Morgan fingerprint density at radius 1 is 0.854 bits per heavy atom. The second-order valence-corrected chi connectivity index (χ2v) is 12.7. The van der Waals surface area contributed by atoms with Crippen molar-refractivity contribution in [2.75, 3.05) is 7.11 Å². The Morgan fingerprint density at radius 2 is 1.52 bits per heavy atom. The maximum absolute atomic E-state index is 13.4. The molecule has 0 spiro atoms. The number of esters is 1. The molecule has 0 N–H and O–H groups in total. The van der Waals surface area contributed by atoms with Crippen LogP contribution in [0.1, 0.15) is 65.9 Å². The minimum Gasteiger partial charge on any atom is -0.468 e. The lowest BCUT2D eigenvalue weighted by molar-refractivity contribution is -0.234. The van der Waals surface area contributed by atoms with Gasteiger partial charge in [0.05, 0.1) is 38.0 Å². The highest BCUT2D eigenvalue weighted by Crippen LogP contribution is 2.42. The Morgan fingerprint density at radius 3 is 2.17 bits per heavy atom. The van der Waals surface area contributed by atoms with Crippen molar-refractivity contribution >= 4 is 28.6 Å². The molecule has 1 aliphatic heterocycles. The van der Waals surface area contributed by atoms with Crippen LogP contribution in [0.3, 0.4) is 0 Å². The molecule has 1 aliphatic rings. The Balaban J connectivity index is 1.40. The first kappa shape index (κ1) is 33.7. The van der Waals surface area contributed by atoms with Crippen molar-refractivity contribution in [1.82, 2.24) is 15.2 Å². The molecule has 0 radical (unpaired) electrons. The van der Waals surface area contributed by atoms with E-state index in [0.29, 0.717) is 34.8 Å². The van der Waals surface area contributed by atoms with Crippen molar-refractivity contribution in [1.29, 1.82) is 0 Å². The summed E-state index contributed by atoms with van der Waals surface area (Å²) in [5.74, 6) is -1.32. The van der Waals surface area contributed by atoms with E-state index in [1.807, 2.05) is 85.8 Å². The van der Waals surface area contributed by atoms with Gasteiger partial charge < -0.3 is 18.9 Å². The average Bonchev–Trinajstić information content (AvgIpc) is 3.12. The number of fused-ring (bicyclic) bond motifs is 1. The van der Waals surface area contributed by atoms with E-state index < -0.39 is 24.1 Å². The molecule has 0 bridgehead atoms. The van der Waals surface area contributed by atoms with Gasteiger partial charge in [-0.25, -0.2) is 4.98 Å². The maximum Gasteiger partial charge on any atom is 0.321 e. The Bertz CT molecular complexity index is 1840. The number of methoxy groups -OCH3 is 1. The van der Waals surface area contributed by atoms with Crippen molar-refractivity contribution in [3.8, 4) is 0 Å². The number of hydrogen-bond donors (Lipinski definition) is 0. The highest BCUT2D eigenvalue weighted by molar-refractivity contribution is 6.31. The van der Waals surface area contributed by atoms with E-state index in [9.17, 15) is 4.79 Å². The number of benzene rings is 4. The largest absolute Gasteiger partial charge is 0.468 e. The van der Waals surface area contributed by atoms with Crippen LogP contribution in [0, 0.1) is 12.8 Å². The molecule has 1 aromatic heterocycles. The molecule has 1 saturated heterocycles. The summed E-state index contributed by atoms with van der Waals surface area (Å²) in [5, 5.41) is 9.10. The van der Waals surface area contributed by atoms with Gasteiger partial charge in [-0.2, -0.15) is 0 Å². The van der Waals surface area contributed by atoms with E-state index in [1.165, 1.54) is 7.11 Å². The average molecular weight is 666 g/mol. The molecule has 8 nitrogen and oxygen atoms in total. The zero-order chi connectivity index (χ0) is 33.6. The molecule has 0 saturated carbocycles. The molecular weight excluding hydrogens is 626 g/mol. The molecule has 0 aliphatic carbocycles. The molecule has 1 unspecified atom stereocenters. The number of hydrogen-bond acceptors (Lipinski definition) is 8.